The number of nitrogens with zero attached hydrogens (tertiary/aromatic N) is 1. The molecule has 6 nitrogen and oxygen atoms in total. The number of carbonyl (C=O) groups is 2. The fraction of sp³-hybridized carbons (Fsp3) is 0.417. The van der Waals surface area contributed by atoms with Crippen molar-refractivity contribution < 1.29 is 19.4 Å². The van der Waals surface area contributed by atoms with Crippen LogP contribution in [0.1, 0.15) is 23.2 Å². The highest BCUT2D eigenvalue weighted by atomic mass is 79.9. The molecule has 1 aliphatic heterocycles. The number of aliphatic carboxylic acids is 1. The topological polar surface area (TPSA) is 88.5 Å². The SMILES string of the molecule is O=C(NCC1CCC(C(=O)O)O1)c1ccc(Br)nc1. The summed E-state index contributed by atoms with van der Waals surface area (Å²) in [7, 11) is 0. The summed E-state index contributed by atoms with van der Waals surface area (Å²) < 4.78 is 5.95. The Morgan fingerprint density at radius 3 is 2.84 bits per heavy atom. The van der Waals surface area contributed by atoms with Gasteiger partial charge in [0.25, 0.3) is 5.91 Å². The molecular formula is C12H13BrN2O4. The van der Waals surface area contributed by atoms with Crippen molar-refractivity contribution in [1.82, 2.24) is 10.3 Å². The summed E-state index contributed by atoms with van der Waals surface area (Å²) in [5.74, 6) is -1.20. The summed E-state index contributed by atoms with van der Waals surface area (Å²) >= 11 is 3.19. The van der Waals surface area contributed by atoms with Gasteiger partial charge in [0.2, 0.25) is 0 Å². The maximum atomic E-state index is 11.8. The summed E-state index contributed by atoms with van der Waals surface area (Å²) in [6.45, 7) is 0.304. The van der Waals surface area contributed by atoms with Crippen LogP contribution < -0.4 is 5.32 Å². The minimum absolute atomic E-state index is 0.242. The van der Waals surface area contributed by atoms with Crippen LogP contribution >= 0.6 is 15.9 Å². The van der Waals surface area contributed by atoms with E-state index in [0.717, 1.165) is 0 Å². The Morgan fingerprint density at radius 2 is 2.26 bits per heavy atom. The van der Waals surface area contributed by atoms with Gasteiger partial charge in [0.05, 0.1) is 11.7 Å². The zero-order chi connectivity index (χ0) is 13.8. The standard InChI is InChI=1S/C12H13BrN2O4/c13-10-4-1-7(5-14-10)11(16)15-6-8-2-3-9(19-8)12(17)18/h1,4-5,8-9H,2-3,6H2,(H,15,16)(H,17,18). The summed E-state index contributed by atoms with van der Waals surface area (Å²) in [6.07, 6.45) is 1.59. The molecule has 1 fully saturated rings. The van der Waals surface area contributed by atoms with Gasteiger partial charge in [-0.15, -0.1) is 0 Å². The largest absolute Gasteiger partial charge is 0.479 e. The predicted molar refractivity (Wildman–Crippen MR) is 69.8 cm³/mol. The first kappa shape index (κ1) is 14.0. The van der Waals surface area contributed by atoms with Gasteiger partial charge < -0.3 is 15.2 Å². The minimum Gasteiger partial charge on any atom is -0.479 e. The number of carboxylic acids is 1. The number of amides is 1. The molecule has 7 heteroatoms. The van der Waals surface area contributed by atoms with Crippen LogP contribution in [0, 0.1) is 0 Å². The molecule has 0 aromatic carbocycles. The van der Waals surface area contributed by atoms with Gasteiger partial charge in [-0.1, -0.05) is 0 Å². The molecule has 2 unspecified atom stereocenters. The van der Waals surface area contributed by atoms with Crippen molar-refractivity contribution in [3.63, 3.8) is 0 Å². The molecule has 1 aromatic rings. The van der Waals surface area contributed by atoms with E-state index >= 15 is 0 Å². The second-order valence-corrected chi connectivity index (χ2v) is 5.05. The van der Waals surface area contributed by atoms with E-state index < -0.39 is 12.1 Å². The summed E-state index contributed by atoms with van der Waals surface area (Å²) in [4.78, 5) is 26.5. The van der Waals surface area contributed by atoms with Gasteiger partial charge in [0, 0.05) is 12.7 Å². The van der Waals surface area contributed by atoms with Crippen LogP contribution in [-0.4, -0.2) is 40.7 Å². The molecule has 2 rings (SSSR count). The van der Waals surface area contributed by atoms with Crippen LogP contribution in [-0.2, 0) is 9.53 Å². The van der Waals surface area contributed by atoms with Gasteiger partial charge >= 0.3 is 5.97 Å². The van der Waals surface area contributed by atoms with E-state index in [2.05, 4.69) is 26.2 Å². The molecule has 0 bridgehead atoms. The second-order valence-electron chi connectivity index (χ2n) is 4.24. The number of hydrogen-bond acceptors (Lipinski definition) is 4. The number of carbonyl (C=O) groups excluding carboxylic acids is 1. The fourth-order valence-electron chi connectivity index (χ4n) is 1.86. The Morgan fingerprint density at radius 1 is 1.47 bits per heavy atom. The van der Waals surface area contributed by atoms with E-state index in [-0.39, 0.29) is 12.0 Å². The van der Waals surface area contributed by atoms with Gasteiger partial charge in [-0.3, -0.25) is 4.79 Å². The zero-order valence-corrected chi connectivity index (χ0v) is 11.6. The van der Waals surface area contributed by atoms with E-state index in [9.17, 15) is 9.59 Å². The number of ether oxygens (including phenoxy) is 1. The predicted octanol–water partition coefficient (Wildman–Crippen LogP) is 1.21. The van der Waals surface area contributed by atoms with E-state index in [4.69, 9.17) is 9.84 Å². The molecule has 2 N–H and O–H groups in total. The zero-order valence-electron chi connectivity index (χ0n) is 10.0. The van der Waals surface area contributed by atoms with Gasteiger partial charge in [-0.2, -0.15) is 0 Å². The number of aromatic nitrogens is 1. The number of pyridine rings is 1. The number of carboxylic acid groups (broad SMARTS) is 1. The molecule has 2 heterocycles. The number of nitrogens with one attached hydrogen (secondary N) is 1. The highest BCUT2D eigenvalue weighted by Gasteiger charge is 2.30. The van der Waals surface area contributed by atoms with Crippen LogP contribution in [0.3, 0.4) is 0 Å². The molecule has 1 saturated heterocycles. The number of hydrogen-bond donors (Lipinski definition) is 2. The molecule has 0 aliphatic carbocycles. The fourth-order valence-corrected chi connectivity index (χ4v) is 2.09. The van der Waals surface area contributed by atoms with Gasteiger partial charge in [0.15, 0.2) is 6.10 Å². The van der Waals surface area contributed by atoms with Crippen LogP contribution in [0.5, 0.6) is 0 Å². The molecule has 2 atom stereocenters. The average Bonchev–Trinajstić information content (AvgIpc) is 2.86. The maximum absolute atomic E-state index is 11.8. The van der Waals surface area contributed by atoms with Crippen LogP contribution in [0.2, 0.25) is 0 Å². The van der Waals surface area contributed by atoms with E-state index in [1.165, 1.54) is 6.20 Å². The van der Waals surface area contributed by atoms with Crippen molar-refractivity contribution >= 4 is 27.8 Å². The first-order valence-electron chi connectivity index (χ1n) is 5.84. The summed E-state index contributed by atoms with van der Waals surface area (Å²) in [5.41, 5.74) is 0.455. The lowest BCUT2D eigenvalue weighted by atomic mass is 10.2. The lowest BCUT2D eigenvalue weighted by molar-refractivity contribution is -0.149. The molecule has 0 spiro atoms. The molecule has 102 valence electrons. The molecule has 0 radical (unpaired) electrons. The summed E-state index contributed by atoms with van der Waals surface area (Å²) in [6, 6.07) is 3.34. The first-order chi connectivity index (χ1) is 9.06. The van der Waals surface area contributed by atoms with Crippen molar-refractivity contribution in [2.24, 2.45) is 0 Å². The third-order valence-corrected chi connectivity index (χ3v) is 3.33. The average molecular weight is 329 g/mol. The third-order valence-electron chi connectivity index (χ3n) is 2.86. The van der Waals surface area contributed by atoms with Crippen molar-refractivity contribution in [1.29, 1.82) is 0 Å². The molecular weight excluding hydrogens is 316 g/mol. The Labute approximate surface area is 118 Å². The van der Waals surface area contributed by atoms with Crippen LogP contribution in [0.25, 0.3) is 0 Å². The van der Waals surface area contributed by atoms with Crippen molar-refractivity contribution in [2.45, 2.75) is 25.0 Å². The van der Waals surface area contributed by atoms with Crippen molar-refractivity contribution in [2.75, 3.05) is 6.54 Å². The smallest absolute Gasteiger partial charge is 0.332 e. The maximum Gasteiger partial charge on any atom is 0.332 e. The second kappa shape index (κ2) is 6.12. The third kappa shape index (κ3) is 3.74. The van der Waals surface area contributed by atoms with Crippen molar-refractivity contribution in [3.8, 4) is 0 Å². The van der Waals surface area contributed by atoms with Crippen molar-refractivity contribution in [3.05, 3.63) is 28.5 Å². The molecule has 19 heavy (non-hydrogen) atoms. The lowest BCUT2D eigenvalue weighted by Crippen LogP contribution is -2.33. The monoisotopic (exact) mass is 328 g/mol. The first-order valence-corrected chi connectivity index (χ1v) is 6.63. The van der Waals surface area contributed by atoms with E-state index in [1.807, 2.05) is 0 Å². The highest BCUT2D eigenvalue weighted by Crippen LogP contribution is 2.19. The molecule has 1 aromatic heterocycles. The molecule has 1 amide bonds. The summed E-state index contributed by atoms with van der Waals surface area (Å²) in [5, 5.41) is 11.5. The Balaban J connectivity index is 1.81. The molecule has 1 aliphatic rings. The van der Waals surface area contributed by atoms with Crippen LogP contribution in [0.15, 0.2) is 22.9 Å². The highest BCUT2D eigenvalue weighted by molar-refractivity contribution is 9.10. The van der Waals surface area contributed by atoms with Gasteiger partial charge in [0.1, 0.15) is 4.60 Å². The normalized spacial score (nSPS) is 22.2. The molecule has 0 saturated carbocycles. The lowest BCUT2D eigenvalue weighted by Gasteiger charge is -2.12. The number of rotatable bonds is 4. The van der Waals surface area contributed by atoms with Gasteiger partial charge in [-0.25, -0.2) is 9.78 Å². The Hall–Kier alpha value is -1.47. The Bertz CT molecular complexity index is 477. The van der Waals surface area contributed by atoms with E-state index in [1.54, 1.807) is 12.1 Å². The minimum atomic E-state index is -0.953. The quantitative estimate of drug-likeness (QED) is 0.811. The van der Waals surface area contributed by atoms with E-state index in [0.29, 0.717) is 29.6 Å². The number of halogens is 1. The Kier molecular flexibility index (Phi) is 4.49. The van der Waals surface area contributed by atoms with Gasteiger partial charge in [-0.05, 0) is 40.9 Å². The van der Waals surface area contributed by atoms with Crippen LogP contribution in [0.4, 0.5) is 0 Å².